The number of benzene rings is 1. The van der Waals surface area contributed by atoms with Crippen molar-refractivity contribution in [3.8, 4) is 6.07 Å². The first-order valence-electron chi connectivity index (χ1n) is 8.51. The summed E-state index contributed by atoms with van der Waals surface area (Å²) in [4.78, 5) is 17.1. The Morgan fingerprint density at radius 3 is 2.82 bits per heavy atom. The number of carbonyl (C=O) groups excluding carboxylic acids is 1. The van der Waals surface area contributed by atoms with Crippen LogP contribution in [-0.4, -0.2) is 23.4 Å². The summed E-state index contributed by atoms with van der Waals surface area (Å²) in [6.45, 7) is 3.78. The maximum Gasteiger partial charge on any atom is 0.338 e. The first-order valence-corrected chi connectivity index (χ1v) is 9.43. The minimum Gasteiger partial charge on any atom is -0.463 e. The van der Waals surface area contributed by atoms with Gasteiger partial charge in [-0.25, -0.2) is 9.78 Å². The Bertz CT molecular complexity index is 1070. The van der Waals surface area contributed by atoms with E-state index < -0.39 is 11.9 Å². The number of carbonyl (C=O) groups is 1. The average molecular weight is 418 g/mol. The molecule has 1 aliphatic heterocycles. The van der Waals surface area contributed by atoms with Crippen LogP contribution in [0.2, 0.25) is 5.15 Å². The molecule has 6 nitrogen and oxygen atoms in total. The number of ether oxygens (including phenoxy) is 2. The van der Waals surface area contributed by atoms with Crippen molar-refractivity contribution in [3.05, 3.63) is 63.3 Å². The van der Waals surface area contributed by atoms with Gasteiger partial charge in [-0.05, 0) is 32.0 Å². The Balaban J connectivity index is 2.30. The summed E-state index contributed by atoms with van der Waals surface area (Å²) in [5.41, 5.74) is 8.26. The smallest absolute Gasteiger partial charge is 0.338 e. The van der Waals surface area contributed by atoms with Gasteiger partial charge in [0.1, 0.15) is 22.6 Å². The van der Waals surface area contributed by atoms with Gasteiger partial charge in [-0.1, -0.05) is 23.2 Å². The van der Waals surface area contributed by atoms with E-state index in [0.717, 1.165) is 10.9 Å². The van der Waals surface area contributed by atoms with Gasteiger partial charge in [-0.15, -0.1) is 11.6 Å². The molecule has 1 atom stereocenters. The number of alkyl halides is 1. The third kappa shape index (κ3) is 3.51. The molecule has 2 N–H and O–H groups in total. The molecule has 0 bridgehead atoms. The number of rotatable bonds is 4. The van der Waals surface area contributed by atoms with Gasteiger partial charge in [0.25, 0.3) is 0 Å². The molecule has 0 aliphatic carbocycles. The Hall–Kier alpha value is -2.75. The number of allylic oxidation sites excluding steroid dienone is 2. The highest BCUT2D eigenvalue weighted by Gasteiger charge is 2.38. The van der Waals surface area contributed by atoms with Crippen molar-refractivity contribution in [2.45, 2.75) is 19.8 Å². The van der Waals surface area contributed by atoms with Gasteiger partial charge in [0, 0.05) is 10.9 Å². The van der Waals surface area contributed by atoms with E-state index in [4.69, 9.17) is 38.4 Å². The maximum atomic E-state index is 12.7. The normalized spacial score (nSPS) is 16.8. The molecule has 0 spiro atoms. The van der Waals surface area contributed by atoms with Crippen molar-refractivity contribution in [2.75, 3.05) is 12.5 Å². The van der Waals surface area contributed by atoms with Crippen LogP contribution in [0.1, 0.15) is 24.0 Å². The fourth-order valence-corrected chi connectivity index (χ4v) is 3.61. The van der Waals surface area contributed by atoms with Gasteiger partial charge in [-0.2, -0.15) is 5.26 Å². The lowest BCUT2D eigenvalue weighted by molar-refractivity contribution is -0.139. The summed E-state index contributed by atoms with van der Waals surface area (Å²) in [6, 6.07) is 9.53. The summed E-state index contributed by atoms with van der Waals surface area (Å²) in [7, 11) is 0. The molecule has 1 aromatic carbocycles. The number of halogens is 2. The van der Waals surface area contributed by atoms with Gasteiger partial charge < -0.3 is 15.2 Å². The Morgan fingerprint density at radius 2 is 2.18 bits per heavy atom. The van der Waals surface area contributed by atoms with Crippen molar-refractivity contribution < 1.29 is 14.3 Å². The maximum absolute atomic E-state index is 12.7. The fourth-order valence-electron chi connectivity index (χ4n) is 3.15. The standard InChI is InChI=1S/C20H17Cl2N3O3/c1-3-27-20(26)17-15(8-21)28-19(24)13(9-23)16(17)12-7-11-6-10(2)4-5-14(11)25-18(12)22/h4-7,16H,3,8,24H2,1-2H3/t16-/m0/s1. The minimum absolute atomic E-state index is 0.0487. The topological polar surface area (TPSA) is 98.2 Å². The Morgan fingerprint density at radius 1 is 1.43 bits per heavy atom. The van der Waals surface area contributed by atoms with Crippen molar-refractivity contribution in [2.24, 2.45) is 5.73 Å². The van der Waals surface area contributed by atoms with E-state index in [1.165, 1.54) is 0 Å². The second-order valence-corrected chi connectivity index (χ2v) is 6.81. The molecule has 3 rings (SSSR count). The first-order chi connectivity index (χ1) is 13.4. The molecule has 0 saturated heterocycles. The number of esters is 1. The van der Waals surface area contributed by atoms with Gasteiger partial charge in [-0.3, -0.25) is 0 Å². The van der Waals surface area contributed by atoms with Crippen molar-refractivity contribution in [1.29, 1.82) is 5.26 Å². The van der Waals surface area contributed by atoms with Crippen LogP contribution < -0.4 is 5.73 Å². The van der Waals surface area contributed by atoms with E-state index in [1.54, 1.807) is 13.0 Å². The van der Waals surface area contributed by atoms with E-state index >= 15 is 0 Å². The van der Waals surface area contributed by atoms with Gasteiger partial charge in [0.2, 0.25) is 5.88 Å². The molecule has 8 heteroatoms. The highest BCUT2D eigenvalue weighted by molar-refractivity contribution is 6.31. The van der Waals surface area contributed by atoms with E-state index in [0.29, 0.717) is 11.1 Å². The lowest BCUT2D eigenvalue weighted by Crippen LogP contribution is -2.27. The SMILES string of the molecule is CCOC(=O)C1=C(CCl)OC(N)=C(C#N)[C@@H]1c1cc2cc(C)ccc2nc1Cl. The molecule has 0 radical (unpaired) electrons. The molecule has 0 fully saturated rings. The molecule has 0 unspecified atom stereocenters. The molecule has 0 saturated carbocycles. The van der Waals surface area contributed by atoms with Crippen molar-refractivity contribution in [1.82, 2.24) is 4.98 Å². The van der Waals surface area contributed by atoms with Crippen molar-refractivity contribution in [3.63, 3.8) is 0 Å². The number of hydrogen-bond donors (Lipinski definition) is 1. The monoisotopic (exact) mass is 417 g/mol. The Labute approximate surface area is 172 Å². The van der Waals surface area contributed by atoms with E-state index in [2.05, 4.69) is 4.98 Å². The molecule has 1 aromatic heterocycles. The van der Waals surface area contributed by atoms with Gasteiger partial charge in [0.15, 0.2) is 0 Å². The fraction of sp³-hybridized carbons (Fsp3) is 0.250. The lowest BCUT2D eigenvalue weighted by Gasteiger charge is -2.27. The number of aromatic nitrogens is 1. The number of nitrogens with two attached hydrogens (primary N) is 1. The average Bonchev–Trinajstić information content (AvgIpc) is 2.67. The largest absolute Gasteiger partial charge is 0.463 e. The van der Waals surface area contributed by atoms with Gasteiger partial charge in [0.05, 0.1) is 29.5 Å². The first kappa shape index (κ1) is 20.0. The zero-order valence-electron chi connectivity index (χ0n) is 15.3. The Kier molecular flexibility index (Phi) is 5.78. The second kappa shape index (κ2) is 8.09. The van der Waals surface area contributed by atoms with Crippen molar-refractivity contribution >= 4 is 40.1 Å². The quantitative estimate of drug-likeness (QED) is 0.457. The number of nitriles is 1. The van der Waals surface area contributed by atoms with Crippen LogP contribution in [0.4, 0.5) is 0 Å². The molecule has 2 aromatic rings. The predicted molar refractivity (Wildman–Crippen MR) is 107 cm³/mol. The summed E-state index contributed by atoms with van der Waals surface area (Å²) in [5, 5.41) is 10.7. The summed E-state index contributed by atoms with van der Waals surface area (Å²) >= 11 is 12.4. The highest BCUT2D eigenvalue weighted by atomic mass is 35.5. The molecule has 2 heterocycles. The molecule has 1 aliphatic rings. The van der Waals surface area contributed by atoms with Crippen LogP contribution in [-0.2, 0) is 14.3 Å². The highest BCUT2D eigenvalue weighted by Crippen LogP contribution is 2.42. The number of pyridine rings is 1. The van der Waals surface area contributed by atoms with Crippen LogP contribution in [0.15, 0.2) is 47.1 Å². The number of fused-ring (bicyclic) bond motifs is 1. The van der Waals surface area contributed by atoms with E-state index in [9.17, 15) is 10.1 Å². The third-order valence-corrected chi connectivity index (χ3v) is 4.92. The van der Waals surface area contributed by atoms with E-state index in [1.807, 2.05) is 31.2 Å². The molecular formula is C20H17Cl2N3O3. The third-order valence-electron chi connectivity index (χ3n) is 4.38. The summed E-state index contributed by atoms with van der Waals surface area (Å²) < 4.78 is 10.6. The van der Waals surface area contributed by atoms with Crippen LogP contribution in [0.5, 0.6) is 0 Å². The molecular weight excluding hydrogens is 401 g/mol. The molecule has 0 amide bonds. The lowest BCUT2D eigenvalue weighted by atomic mass is 9.83. The summed E-state index contributed by atoms with van der Waals surface area (Å²) in [5.74, 6) is -1.67. The van der Waals surface area contributed by atoms with Crippen LogP contribution in [0.25, 0.3) is 10.9 Å². The zero-order chi connectivity index (χ0) is 20.4. The number of hydrogen-bond acceptors (Lipinski definition) is 6. The molecule has 28 heavy (non-hydrogen) atoms. The van der Waals surface area contributed by atoms with Crippen LogP contribution in [0, 0.1) is 18.3 Å². The zero-order valence-corrected chi connectivity index (χ0v) is 16.8. The van der Waals surface area contributed by atoms with Crippen LogP contribution >= 0.6 is 23.2 Å². The second-order valence-electron chi connectivity index (χ2n) is 6.18. The molecule has 144 valence electrons. The predicted octanol–water partition coefficient (Wildman–Crippen LogP) is 4.06. The summed E-state index contributed by atoms with van der Waals surface area (Å²) in [6.07, 6.45) is 0. The number of nitrogens with zero attached hydrogens (tertiary/aromatic N) is 2. The van der Waals surface area contributed by atoms with E-state index in [-0.39, 0.29) is 40.4 Å². The minimum atomic E-state index is -0.892. The van der Waals surface area contributed by atoms with Gasteiger partial charge >= 0.3 is 5.97 Å². The number of aryl methyl sites for hydroxylation is 1. The van der Waals surface area contributed by atoms with Crippen LogP contribution in [0.3, 0.4) is 0 Å².